The van der Waals surface area contributed by atoms with E-state index < -0.39 is 10.0 Å². The van der Waals surface area contributed by atoms with Crippen LogP contribution in [0.3, 0.4) is 0 Å². The maximum absolute atomic E-state index is 12.6. The van der Waals surface area contributed by atoms with Crippen molar-refractivity contribution in [1.29, 1.82) is 0 Å². The second-order valence-corrected chi connectivity index (χ2v) is 8.37. The number of rotatable bonds is 8. The highest BCUT2D eigenvalue weighted by molar-refractivity contribution is 7.89. The maximum atomic E-state index is 12.6. The minimum Gasteiger partial charge on any atom is -0.497 e. The summed E-state index contributed by atoms with van der Waals surface area (Å²) in [4.78, 5) is 12.4. The van der Waals surface area contributed by atoms with Gasteiger partial charge in [0.2, 0.25) is 15.9 Å². The van der Waals surface area contributed by atoms with Crippen molar-refractivity contribution in [1.82, 2.24) is 9.62 Å². The van der Waals surface area contributed by atoms with Gasteiger partial charge in [0.15, 0.2) is 0 Å². The Morgan fingerprint density at radius 2 is 1.70 bits per heavy atom. The molecule has 0 aliphatic heterocycles. The van der Waals surface area contributed by atoms with Gasteiger partial charge in [0.05, 0.1) is 24.6 Å². The lowest BCUT2D eigenvalue weighted by atomic mass is 10.1. The summed E-state index contributed by atoms with van der Waals surface area (Å²) >= 11 is 0. The van der Waals surface area contributed by atoms with Crippen molar-refractivity contribution in [3.05, 3.63) is 59.7 Å². The summed E-state index contributed by atoms with van der Waals surface area (Å²) in [5, 5.41) is 2.84. The first-order chi connectivity index (χ1) is 12.8. The molecule has 0 fully saturated rings. The van der Waals surface area contributed by atoms with Gasteiger partial charge in [-0.05, 0) is 48.7 Å². The largest absolute Gasteiger partial charge is 0.497 e. The van der Waals surface area contributed by atoms with Crippen LogP contribution in [0.5, 0.6) is 5.75 Å². The van der Waals surface area contributed by atoms with Gasteiger partial charge in [-0.1, -0.05) is 31.2 Å². The predicted molar refractivity (Wildman–Crippen MR) is 105 cm³/mol. The van der Waals surface area contributed by atoms with E-state index in [0.29, 0.717) is 5.75 Å². The van der Waals surface area contributed by atoms with Crippen molar-refractivity contribution >= 4 is 15.9 Å². The molecule has 0 aliphatic rings. The van der Waals surface area contributed by atoms with Crippen molar-refractivity contribution in [3.8, 4) is 5.75 Å². The van der Waals surface area contributed by atoms with Crippen molar-refractivity contribution in [3.63, 3.8) is 0 Å². The summed E-state index contributed by atoms with van der Waals surface area (Å²) in [5.74, 6) is 0.207. The van der Waals surface area contributed by atoms with E-state index in [1.54, 1.807) is 12.1 Å². The van der Waals surface area contributed by atoms with Gasteiger partial charge >= 0.3 is 0 Å². The van der Waals surface area contributed by atoms with Crippen LogP contribution in [-0.2, 0) is 21.2 Å². The molecule has 0 spiro atoms. The molecule has 146 valence electrons. The van der Waals surface area contributed by atoms with Crippen molar-refractivity contribution < 1.29 is 17.9 Å². The van der Waals surface area contributed by atoms with E-state index in [4.69, 9.17) is 4.74 Å². The van der Waals surface area contributed by atoms with Gasteiger partial charge in [0, 0.05) is 7.05 Å². The first-order valence-corrected chi connectivity index (χ1v) is 10.2. The van der Waals surface area contributed by atoms with E-state index in [-0.39, 0.29) is 23.4 Å². The number of carbonyl (C=O) groups is 1. The lowest BCUT2D eigenvalue weighted by Crippen LogP contribution is -2.39. The van der Waals surface area contributed by atoms with Crippen LogP contribution in [0.2, 0.25) is 0 Å². The van der Waals surface area contributed by atoms with E-state index in [0.717, 1.165) is 16.3 Å². The van der Waals surface area contributed by atoms with Crippen LogP contribution in [-0.4, -0.2) is 39.3 Å². The molecule has 2 aromatic carbocycles. The third-order valence-electron chi connectivity index (χ3n) is 4.40. The zero-order valence-electron chi connectivity index (χ0n) is 16.1. The number of aryl methyl sites for hydroxylation is 1. The number of hydrogen-bond acceptors (Lipinski definition) is 4. The van der Waals surface area contributed by atoms with Crippen molar-refractivity contribution in [2.75, 3.05) is 20.7 Å². The van der Waals surface area contributed by atoms with E-state index in [1.165, 1.54) is 31.9 Å². The zero-order chi connectivity index (χ0) is 20.0. The van der Waals surface area contributed by atoms with Crippen LogP contribution in [0.15, 0.2) is 53.4 Å². The zero-order valence-corrected chi connectivity index (χ0v) is 16.9. The first kappa shape index (κ1) is 20.9. The second kappa shape index (κ2) is 9.01. The molecular formula is C20H26N2O4S. The summed E-state index contributed by atoms with van der Waals surface area (Å²) in [6.45, 7) is 3.70. The smallest absolute Gasteiger partial charge is 0.243 e. The molecular weight excluding hydrogens is 364 g/mol. The number of carbonyl (C=O) groups excluding carboxylic acids is 1. The molecule has 0 radical (unpaired) electrons. The number of methoxy groups -OCH3 is 1. The highest BCUT2D eigenvalue weighted by atomic mass is 32.2. The standard InChI is InChI=1S/C20H26N2O4S/c1-5-16-6-8-17(9-7-16)15(2)21-20(23)14-22(3)27(24,25)19-12-10-18(26-4)11-13-19/h6-13,15H,5,14H2,1-4H3,(H,21,23)/t15-/m0/s1. The number of ether oxygens (including phenoxy) is 1. The SMILES string of the molecule is CCc1ccc([C@H](C)NC(=O)CN(C)S(=O)(=O)c2ccc(OC)cc2)cc1. The Morgan fingerprint density at radius 1 is 1.11 bits per heavy atom. The highest BCUT2D eigenvalue weighted by Crippen LogP contribution is 2.19. The van der Waals surface area contributed by atoms with Crippen LogP contribution in [0, 0.1) is 0 Å². The van der Waals surface area contributed by atoms with Crippen LogP contribution in [0.4, 0.5) is 0 Å². The molecule has 0 saturated heterocycles. The van der Waals surface area contributed by atoms with Gasteiger partial charge in [0.25, 0.3) is 0 Å². The third-order valence-corrected chi connectivity index (χ3v) is 6.22. The Balaban J connectivity index is 2.00. The minimum atomic E-state index is -3.75. The van der Waals surface area contributed by atoms with E-state index in [2.05, 4.69) is 12.2 Å². The van der Waals surface area contributed by atoms with Gasteiger partial charge in [-0.15, -0.1) is 0 Å². The van der Waals surface area contributed by atoms with E-state index in [9.17, 15) is 13.2 Å². The van der Waals surface area contributed by atoms with E-state index in [1.807, 2.05) is 31.2 Å². The Labute approximate surface area is 161 Å². The third kappa shape index (κ3) is 5.30. The quantitative estimate of drug-likeness (QED) is 0.752. The van der Waals surface area contributed by atoms with Gasteiger partial charge < -0.3 is 10.1 Å². The molecule has 0 heterocycles. The number of nitrogens with one attached hydrogen (secondary N) is 1. The van der Waals surface area contributed by atoms with Crippen LogP contribution < -0.4 is 10.1 Å². The Morgan fingerprint density at radius 3 is 2.22 bits per heavy atom. The molecule has 1 N–H and O–H groups in total. The number of nitrogens with zero attached hydrogens (tertiary/aromatic N) is 1. The number of likely N-dealkylation sites (N-methyl/N-ethyl adjacent to an activating group) is 1. The second-order valence-electron chi connectivity index (χ2n) is 6.32. The van der Waals surface area contributed by atoms with Gasteiger partial charge in [-0.25, -0.2) is 8.42 Å². The van der Waals surface area contributed by atoms with Crippen LogP contribution >= 0.6 is 0 Å². The average molecular weight is 391 g/mol. The van der Waals surface area contributed by atoms with Gasteiger partial charge in [-0.3, -0.25) is 4.79 Å². The molecule has 0 saturated carbocycles. The van der Waals surface area contributed by atoms with Crippen LogP contribution in [0.25, 0.3) is 0 Å². The fourth-order valence-electron chi connectivity index (χ4n) is 2.63. The van der Waals surface area contributed by atoms with Crippen LogP contribution in [0.1, 0.15) is 31.0 Å². The molecule has 0 unspecified atom stereocenters. The molecule has 2 aromatic rings. The summed E-state index contributed by atoms with van der Waals surface area (Å²) in [6, 6.07) is 13.9. The maximum Gasteiger partial charge on any atom is 0.243 e. The molecule has 6 nitrogen and oxygen atoms in total. The average Bonchev–Trinajstić information content (AvgIpc) is 2.67. The molecule has 1 amide bonds. The lowest BCUT2D eigenvalue weighted by Gasteiger charge is -2.19. The van der Waals surface area contributed by atoms with Crippen molar-refractivity contribution in [2.45, 2.75) is 31.2 Å². The number of hydrogen-bond donors (Lipinski definition) is 1. The number of benzene rings is 2. The summed E-state index contributed by atoms with van der Waals surface area (Å²) < 4.78 is 31.3. The molecule has 0 bridgehead atoms. The Bertz CT molecular complexity index is 862. The monoisotopic (exact) mass is 390 g/mol. The normalized spacial score (nSPS) is 12.6. The number of sulfonamides is 1. The molecule has 7 heteroatoms. The molecule has 0 aliphatic carbocycles. The minimum absolute atomic E-state index is 0.113. The Kier molecular flexibility index (Phi) is 6.98. The molecule has 0 aromatic heterocycles. The fourth-order valence-corrected chi connectivity index (χ4v) is 3.75. The fraction of sp³-hybridized carbons (Fsp3) is 0.350. The Hall–Kier alpha value is -2.38. The summed E-state index contributed by atoms with van der Waals surface area (Å²) in [6.07, 6.45) is 0.953. The summed E-state index contributed by atoms with van der Waals surface area (Å²) in [5.41, 5.74) is 2.20. The molecule has 2 rings (SSSR count). The predicted octanol–water partition coefficient (Wildman–Crippen LogP) is 2.76. The van der Waals surface area contributed by atoms with Crippen molar-refractivity contribution in [2.24, 2.45) is 0 Å². The number of amides is 1. The van der Waals surface area contributed by atoms with Gasteiger partial charge in [0.1, 0.15) is 5.75 Å². The molecule has 1 atom stereocenters. The van der Waals surface area contributed by atoms with E-state index >= 15 is 0 Å². The lowest BCUT2D eigenvalue weighted by molar-refractivity contribution is -0.121. The topological polar surface area (TPSA) is 75.7 Å². The summed E-state index contributed by atoms with van der Waals surface area (Å²) in [7, 11) is -0.852. The van der Waals surface area contributed by atoms with Gasteiger partial charge in [-0.2, -0.15) is 4.31 Å². The first-order valence-electron chi connectivity index (χ1n) is 8.76. The molecule has 27 heavy (non-hydrogen) atoms. The highest BCUT2D eigenvalue weighted by Gasteiger charge is 2.23.